The van der Waals surface area contributed by atoms with Crippen LogP contribution in [0.3, 0.4) is 0 Å². The van der Waals surface area contributed by atoms with E-state index in [2.05, 4.69) is 4.72 Å². The monoisotopic (exact) mass is 409 g/mol. The molecule has 2 aromatic carbocycles. The smallest absolute Gasteiger partial charge is 0.240 e. The Hall–Kier alpha value is -2.27. The van der Waals surface area contributed by atoms with Crippen molar-refractivity contribution in [1.82, 2.24) is 4.72 Å². The van der Waals surface area contributed by atoms with E-state index in [1.807, 2.05) is 0 Å². The van der Waals surface area contributed by atoms with Crippen LogP contribution in [0, 0.1) is 0 Å². The van der Waals surface area contributed by atoms with Gasteiger partial charge < -0.3 is 4.90 Å². The van der Waals surface area contributed by atoms with Gasteiger partial charge in [-0.05, 0) is 48.4 Å². The molecule has 0 saturated carbocycles. The fourth-order valence-electron chi connectivity index (χ4n) is 2.79. The molecule has 0 radical (unpaired) electrons. The lowest BCUT2D eigenvalue weighted by Crippen LogP contribution is -2.25. The summed E-state index contributed by atoms with van der Waals surface area (Å²) in [4.78, 5) is 13.4. The first-order chi connectivity index (χ1) is 12.7. The maximum absolute atomic E-state index is 12.4. The predicted octanol–water partition coefficient (Wildman–Crippen LogP) is 0.939. The minimum atomic E-state index is -3.79. The molecular formula is C17H19N3O5S2. The van der Waals surface area contributed by atoms with Crippen LogP contribution >= 0.6 is 0 Å². The third-order valence-electron chi connectivity index (χ3n) is 4.25. The van der Waals surface area contributed by atoms with Gasteiger partial charge >= 0.3 is 0 Å². The highest BCUT2D eigenvalue weighted by Crippen LogP contribution is 2.23. The molecule has 1 saturated heterocycles. The van der Waals surface area contributed by atoms with E-state index in [0.29, 0.717) is 24.2 Å². The summed E-state index contributed by atoms with van der Waals surface area (Å²) in [6, 6.07) is 11.7. The van der Waals surface area contributed by atoms with Crippen LogP contribution in [-0.2, 0) is 31.4 Å². The quantitative estimate of drug-likeness (QED) is 0.734. The number of benzene rings is 2. The Morgan fingerprint density at radius 3 is 2.04 bits per heavy atom. The first kappa shape index (κ1) is 19.5. The van der Waals surface area contributed by atoms with Crippen molar-refractivity contribution in [3.05, 3.63) is 54.1 Å². The number of amides is 1. The van der Waals surface area contributed by atoms with Crippen molar-refractivity contribution in [3.63, 3.8) is 0 Å². The van der Waals surface area contributed by atoms with Gasteiger partial charge in [0.1, 0.15) is 0 Å². The molecule has 3 N–H and O–H groups in total. The number of anilines is 1. The summed E-state index contributed by atoms with van der Waals surface area (Å²) in [6.45, 7) is 0.636. The third-order valence-corrected chi connectivity index (χ3v) is 6.60. The standard InChI is InChI=1S/C17H19N3O5S2/c18-26(22,23)15-7-3-13(4-8-15)12-19-27(24,25)16-9-5-14(6-10-16)20-11-1-2-17(20)21/h3-10,19H,1-2,11-12H2,(H2,18,22,23). The van der Waals surface area contributed by atoms with Crippen LogP contribution in [-0.4, -0.2) is 29.3 Å². The molecule has 0 spiro atoms. The molecule has 0 aromatic heterocycles. The molecule has 0 unspecified atom stereocenters. The van der Waals surface area contributed by atoms with Gasteiger partial charge in [0.05, 0.1) is 9.79 Å². The first-order valence-corrected chi connectivity index (χ1v) is 11.2. The molecule has 3 rings (SSSR count). The second-order valence-corrected chi connectivity index (χ2v) is 9.48. The molecule has 1 amide bonds. The zero-order chi connectivity index (χ0) is 19.7. The maximum Gasteiger partial charge on any atom is 0.240 e. The van der Waals surface area contributed by atoms with Gasteiger partial charge in [-0.15, -0.1) is 0 Å². The van der Waals surface area contributed by atoms with Crippen LogP contribution < -0.4 is 14.8 Å². The van der Waals surface area contributed by atoms with E-state index in [4.69, 9.17) is 5.14 Å². The molecule has 1 aliphatic rings. The fourth-order valence-corrected chi connectivity index (χ4v) is 4.32. The molecular weight excluding hydrogens is 390 g/mol. The van der Waals surface area contributed by atoms with Gasteiger partial charge in [0, 0.05) is 25.2 Å². The number of nitrogens with one attached hydrogen (secondary N) is 1. The summed E-state index contributed by atoms with van der Waals surface area (Å²) >= 11 is 0. The molecule has 0 bridgehead atoms. The van der Waals surface area contributed by atoms with E-state index in [-0.39, 0.29) is 22.2 Å². The lowest BCUT2D eigenvalue weighted by Gasteiger charge is -2.16. The average molecular weight is 409 g/mol. The molecule has 2 aromatic rings. The highest BCUT2D eigenvalue weighted by atomic mass is 32.2. The van der Waals surface area contributed by atoms with Gasteiger partial charge in [-0.3, -0.25) is 4.79 Å². The normalized spacial score (nSPS) is 15.3. The Balaban J connectivity index is 1.68. The minimum Gasteiger partial charge on any atom is -0.312 e. The second kappa shape index (κ2) is 7.39. The summed E-state index contributed by atoms with van der Waals surface area (Å²) in [5, 5.41) is 5.03. The number of primary sulfonamides is 1. The lowest BCUT2D eigenvalue weighted by atomic mass is 10.2. The van der Waals surface area contributed by atoms with E-state index in [9.17, 15) is 21.6 Å². The van der Waals surface area contributed by atoms with E-state index in [1.54, 1.807) is 17.0 Å². The van der Waals surface area contributed by atoms with Crippen molar-refractivity contribution >= 4 is 31.6 Å². The van der Waals surface area contributed by atoms with Crippen LogP contribution in [0.5, 0.6) is 0 Å². The number of nitrogens with zero attached hydrogens (tertiary/aromatic N) is 1. The van der Waals surface area contributed by atoms with E-state index >= 15 is 0 Å². The van der Waals surface area contributed by atoms with Crippen LogP contribution in [0.4, 0.5) is 5.69 Å². The number of carbonyl (C=O) groups excluding carboxylic acids is 1. The summed E-state index contributed by atoms with van der Waals surface area (Å²) in [5.41, 5.74) is 1.26. The third kappa shape index (κ3) is 4.53. The molecule has 27 heavy (non-hydrogen) atoms. The Labute approximate surface area is 158 Å². The average Bonchev–Trinajstić information content (AvgIpc) is 3.06. The van der Waals surface area contributed by atoms with Crippen molar-refractivity contribution in [2.24, 2.45) is 5.14 Å². The van der Waals surface area contributed by atoms with Crippen LogP contribution in [0.25, 0.3) is 0 Å². The minimum absolute atomic E-state index is 0.000402. The van der Waals surface area contributed by atoms with Crippen molar-refractivity contribution in [1.29, 1.82) is 0 Å². The van der Waals surface area contributed by atoms with E-state index < -0.39 is 20.0 Å². The molecule has 144 valence electrons. The van der Waals surface area contributed by atoms with Crippen molar-refractivity contribution in [3.8, 4) is 0 Å². The topological polar surface area (TPSA) is 127 Å². The Morgan fingerprint density at radius 2 is 1.52 bits per heavy atom. The number of nitrogens with two attached hydrogens (primary N) is 1. The van der Waals surface area contributed by atoms with Crippen molar-refractivity contribution in [2.75, 3.05) is 11.4 Å². The van der Waals surface area contributed by atoms with Gasteiger partial charge in [0.2, 0.25) is 26.0 Å². The van der Waals surface area contributed by atoms with Gasteiger partial charge in [0.25, 0.3) is 0 Å². The summed E-state index contributed by atoms with van der Waals surface area (Å²) in [6.07, 6.45) is 1.30. The van der Waals surface area contributed by atoms with Crippen LogP contribution in [0.2, 0.25) is 0 Å². The van der Waals surface area contributed by atoms with Gasteiger partial charge in [-0.1, -0.05) is 12.1 Å². The van der Waals surface area contributed by atoms with Gasteiger partial charge in [0.15, 0.2) is 0 Å². The van der Waals surface area contributed by atoms with Crippen LogP contribution in [0.15, 0.2) is 58.3 Å². The molecule has 8 nitrogen and oxygen atoms in total. The molecule has 1 fully saturated rings. The molecule has 10 heteroatoms. The van der Waals surface area contributed by atoms with Gasteiger partial charge in [-0.25, -0.2) is 26.7 Å². The fraction of sp³-hybridized carbons (Fsp3) is 0.235. The molecule has 1 aliphatic heterocycles. The van der Waals surface area contributed by atoms with Crippen LogP contribution in [0.1, 0.15) is 18.4 Å². The summed E-state index contributed by atoms with van der Waals surface area (Å²) < 4.78 is 49.8. The Morgan fingerprint density at radius 1 is 0.926 bits per heavy atom. The first-order valence-electron chi connectivity index (χ1n) is 8.19. The summed E-state index contributed by atoms with van der Waals surface area (Å²) in [5.74, 6) is 0.0340. The largest absolute Gasteiger partial charge is 0.312 e. The van der Waals surface area contributed by atoms with Crippen molar-refractivity contribution in [2.45, 2.75) is 29.2 Å². The molecule has 1 heterocycles. The number of hydrogen-bond donors (Lipinski definition) is 2. The maximum atomic E-state index is 12.4. The second-order valence-electron chi connectivity index (χ2n) is 6.16. The number of sulfonamides is 2. The Kier molecular flexibility index (Phi) is 5.33. The van der Waals surface area contributed by atoms with E-state index in [0.717, 1.165) is 6.42 Å². The van der Waals surface area contributed by atoms with Crippen molar-refractivity contribution < 1.29 is 21.6 Å². The zero-order valence-corrected chi connectivity index (χ0v) is 16.0. The molecule has 0 atom stereocenters. The number of rotatable bonds is 6. The Bertz CT molecular complexity index is 1050. The predicted molar refractivity (Wildman–Crippen MR) is 99.9 cm³/mol. The molecule has 0 aliphatic carbocycles. The summed E-state index contributed by atoms with van der Waals surface area (Å²) in [7, 11) is -7.53. The highest BCUT2D eigenvalue weighted by molar-refractivity contribution is 7.89. The van der Waals surface area contributed by atoms with E-state index in [1.165, 1.54) is 36.4 Å². The SMILES string of the molecule is NS(=O)(=O)c1ccc(CNS(=O)(=O)c2ccc(N3CCCC3=O)cc2)cc1. The lowest BCUT2D eigenvalue weighted by molar-refractivity contribution is -0.117. The van der Waals surface area contributed by atoms with Gasteiger partial charge in [-0.2, -0.15) is 0 Å². The number of hydrogen-bond acceptors (Lipinski definition) is 5. The highest BCUT2D eigenvalue weighted by Gasteiger charge is 2.22. The zero-order valence-electron chi connectivity index (χ0n) is 14.3. The number of carbonyl (C=O) groups is 1.